The van der Waals surface area contributed by atoms with Crippen LogP contribution in [-0.2, 0) is 14.3 Å². The van der Waals surface area contributed by atoms with Crippen LogP contribution in [0.15, 0.2) is 47.5 Å². The number of fused-ring (bicyclic) bond motifs is 2. The van der Waals surface area contributed by atoms with Gasteiger partial charge in [-0.3, -0.25) is 15.0 Å². The van der Waals surface area contributed by atoms with Crippen molar-refractivity contribution in [1.29, 1.82) is 0 Å². The molecule has 38 heavy (non-hydrogen) atoms. The molecule has 0 saturated carbocycles. The highest BCUT2D eigenvalue weighted by Gasteiger charge is 2.49. The molecule has 4 N–H and O–H groups in total. The van der Waals surface area contributed by atoms with Crippen LogP contribution in [0.25, 0.3) is 0 Å². The van der Waals surface area contributed by atoms with Gasteiger partial charge >= 0.3 is 0 Å². The number of hydrogen-bond acceptors (Lipinski definition) is 9. The number of para-hydroxylation sites is 1. The van der Waals surface area contributed by atoms with E-state index in [-0.39, 0.29) is 49.9 Å². The Hall–Kier alpha value is -3.18. The van der Waals surface area contributed by atoms with Gasteiger partial charge in [0.2, 0.25) is 5.91 Å². The smallest absolute Gasteiger partial charge is 0.232 e. The molecule has 1 saturated heterocycles. The number of aliphatic imine (C=N–C) groups is 1. The molecule has 0 aliphatic carbocycles. The topological polar surface area (TPSA) is 131 Å². The van der Waals surface area contributed by atoms with Gasteiger partial charge in [-0.2, -0.15) is 0 Å². The summed E-state index contributed by atoms with van der Waals surface area (Å²) in [6.07, 6.45) is -0.710. The second kappa shape index (κ2) is 8.94. The molecule has 1 fully saturated rings. The summed E-state index contributed by atoms with van der Waals surface area (Å²) in [5, 5.41) is 14.5. The van der Waals surface area contributed by atoms with Crippen LogP contribution in [0.1, 0.15) is 62.1 Å². The third-order valence-corrected chi connectivity index (χ3v) is 7.73. The lowest BCUT2D eigenvalue weighted by atomic mass is 9.87. The number of rotatable bonds is 5. The number of carbonyl (C=O) groups is 1. The van der Waals surface area contributed by atoms with E-state index in [1.807, 2.05) is 56.3 Å². The van der Waals surface area contributed by atoms with Crippen LogP contribution in [0.4, 0.5) is 0 Å². The number of carbonyl (C=O) groups excluding carboxylic acids is 1. The van der Waals surface area contributed by atoms with Crippen LogP contribution in [0.5, 0.6) is 11.5 Å². The van der Waals surface area contributed by atoms with Crippen molar-refractivity contribution in [2.75, 3.05) is 20.3 Å². The molecule has 1 amide bonds. The maximum atomic E-state index is 13.3. The quantitative estimate of drug-likeness (QED) is 0.510. The minimum absolute atomic E-state index is 0.101. The molecule has 202 valence electrons. The molecule has 2 aromatic rings. The van der Waals surface area contributed by atoms with Crippen LogP contribution < -0.4 is 20.5 Å². The molecule has 10 heteroatoms. The number of amides is 1. The van der Waals surface area contributed by atoms with Crippen molar-refractivity contribution < 1.29 is 28.8 Å². The number of nitrogens with two attached hydrogens (primary N) is 1. The molecule has 6 atom stereocenters. The first-order chi connectivity index (χ1) is 18.1. The highest BCUT2D eigenvalue weighted by atomic mass is 16.6. The van der Waals surface area contributed by atoms with Gasteiger partial charge < -0.3 is 29.8 Å². The maximum Gasteiger partial charge on any atom is 0.232 e. The average Bonchev–Trinajstić information content (AvgIpc) is 3.64. The van der Waals surface area contributed by atoms with Gasteiger partial charge in [0, 0.05) is 18.2 Å². The maximum absolute atomic E-state index is 13.3. The number of methoxy groups -OCH3 is 1. The van der Waals surface area contributed by atoms with Gasteiger partial charge in [-0.1, -0.05) is 24.3 Å². The molecule has 4 heterocycles. The van der Waals surface area contributed by atoms with Crippen molar-refractivity contribution >= 4 is 11.9 Å². The molecule has 4 unspecified atom stereocenters. The van der Waals surface area contributed by atoms with E-state index < -0.39 is 23.3 Å². The molecule has 0 aromatic heterocycles. The first kappa shape index (κ1) is 25.1. The van der Waals surface area contributed by atoms with Crippen LogP contribution >= 0.6 is 0 Å². The number of ether oxygens (including phenoxy) is 4. The van der Waals surface area contributed by atoms with E-state index in [1.165, 1.54) is 0 Å². The summed E-state index contributed by atoms with van der Waals surface area (Å²) in [6.45, 7) is 6.01. The highest BCUT2D eigenvalue weighted by molar-refractivity contribution is 5.99. The van der Waals surface area contributed by atoms with E-state index in [2.05, 4.69) is 10.3 Å². The van der Waals surface area contributed by atoms with Gasteiger partial charge in [0.1, 0.15) is 48.7 Å². The van der Waals surface area contributed by atoms with Crippen LogP contribution in [0, 0.1) is 0 Å². The third kappa shape index (κ3) is 4.31. The summed E-state index contributed by atoms with van der Waals surface area (Å²) >= 11 is 0. The number of hydrogen-bond donors (Lipinski definition) is 3. The fraction of sp³-hybridized carbons (Fsp3) is 0.500. The molecule has 4 aliphatic rings. The van der Waals surface area contributed by atoms with Crippen molar-refractivity contribution in [3.8, 4) is 11.5 Å². The Balaban J connectivity index is 1.28. The molecule has 0 radical (unpaired) electrons. The zero-order chi connectivity index (χ0) is 26.8. The number of epoxide rings is 1. The fourth-order valence-corrected chi connectivity index (χ4v) is 5.78. The number of guanidine groups is 1. The van der Waals surface area contributed by atoms with E-state index in [9.17, 15) is 9.90 Å². The summed E-state index contributed by atoms with van der Waals surface area (Å²) in [7, 11) is 1.60. The van der Waals surface area contributed by atoms with Gasteiger partial charge in [-0.05, 0) is 44.5 Å². The van der Waals surface area contributed by atoms with E-state index in [0.717, 1.165) is 22.4 Å². The van der Waals surface area contributed by atoms with Crippen molar-refractivity contribution in [2.24, 2.45) is 10.7 Å². The molecule has 10 nitrogen and oxygen atoms in total. The van der Waals surface area contributed by atoms with E-state index >= 15 is 0 Å². The summed E-state index contributed by atoms with van der Waals surface area (Å²) in [6, 6.07) is 12.7. The molecule has 6 rings (SSSR count). The molecule has 0 bridgehead atoms. The Morgan fingerprint density at radius 1 is 1.13 bits per heavy atom. The Labute approximate surface area is 221 Å². The first-order valence-electron chi connectivity index (χ1n) is 12.9. The largest absolute Gasteiger partial charge is 0.490 e. The minimum atomic E-state index is -1.11. The second-order valence-electron chi connectivity index (χ2n) is 11.3. The van der Waals surface area contributed by atoms with Crippen molar-refractivity contribution in [3.05, 3.63) is 59.2 Å². The predicted molar refractivity (Wildman–Crippen MR) is 139 cm³/mol. The van der Waals surface area contributed by atoms with Gasteiger partial charge in [0.25, 0.3) is 0 Å². The Bertz CT molecular complexity index is 1290. The zero-order valence-electron chi connectivity index (χ0n) is 22.0. The summed E-state index contributed by atoms with van der Waals surface area (Å²) in [4.78, 5) is 19.4. The monoisotopic (exact) mass is 522 g/mol. The lowest BCUT2D eigenvalue weighted by Crippen LogP contribution is -2.55. The Kier molecular flexibility index (Phi) is 5.91. The number of nitrogens with one attached hydrogen (secondary N) is 1. The van der Waals surface area contributed by atoms with E-state index in [1.54, 1.807) is 18.9 Å². The number of benzene rings is 2. The van der Waals surface area contributed by atoms with Crippen LogP contribution in [0.2, 0.25) is 0 Å². The van der Waals surface area contributed by atoms with Gasteiger partial charge in [0.05, 0.1) is 24.0 Å². The zero-order valence-corrected chi connectivity index (χ0v) is 22.0. The second-order valence-corrected chi connectivity index (χ2v) is 11.3. The first-order valence-corrected chi connectivity index (χ1v) is 12.9. The minimum Gasteiger partial charge on any atom is -0.490 e. The standard InChI is InChI=1S/C28H34N4O6/c1-27(2)12-21(33)32(26(29)31-27)22-17-11-15(9-10-19(17)36-13-20(22)35-4)23-25(38-23)30-24-16-7-5-6-8-18(16)37-14-28(24,3)34/h5-11,20,22-25,30,34H,12-14H2,1-4H3,(H2,29,31)/t20?,22?,23?,24-,25?,28-/m1/s1. The fourth-order valence-electron chi connectivity index (χ4n) is 5.78. The van der Waals surface area contributed by atoms with Crippen LogP contribution in [-0.4, -0.2) is 65.7 Å². The SMILES string of the molecule is COC1COc2ccc(C3OC3N[C@@H]3c4ccccc4OC[C@@]3(C)O)cc2C1N1C(=O)CC(C)(C)N=C1N. The predicted octanol–water partition coefficient (Wildman–Crippen LogP) is 2.33. The lowest BCUT2D eigenvalue weighted by molar-refractivity contribution is -0.134. The van der Waals surface area contributed by atoms with Gasteiger partial charge in [0.15, 0.2) is 5.96 Å². The lowest BCUT2D eigenvalue weighted by Gasteiger charge is -2.42. The van der Waals surface area contributed by atoms with Crippen molar-refractivity contribution in [1.82, 2.24) is 10.2 Å². The number of aliphatic hydroxyl groups is 1. The third-order valence-electron chi connectivity index (χ3n) is 7.73. The molecule has 2 aromatic carbocycles. The molecule has 4 aliphatic heterocycles. The molecular formula is C28H34N4O6. The van der Waals surface area contributed by atoms with Crippen molar-refractivity contribution in [3.63, 3.8) is 0 Å². The summed E-state index contributed by atoms with van der Waals surface area (Å²) in [5.74, 6) is 1.50. The summed E-state index contributed by atoms with van der Waals surface area (Å²) in [5.41, 5.74) is 7.29. The molecular weight excluding hydrogens is 488 g/mol. The normalized spacial score (nSPS) is 33.4. The molecule has 0 spiro atoms. The van der Waals surface area contributed by atoms with Crippen LogP contribution in [0.3, 0.4) is 0 Å². The van der Waals surface area contributed by atoms with Gasteiger partial charge in [-0.15, -0.1) is 0 Å². The van der Waals surface area contributed by atoms with Crippen molar-refractivity contribution in [2.45, 2.75) is 68.9 Å². The summed E-state index contributed by atoms with van der Waals surface area (Å²) < 4.78 is 23.5. The Morgan fingerprint density at radius 2 is 1.89 bits per heavy atom. The highest BCUT2D eigenvalue weighted by Crippen LogP contribution is 2.46. The van der Waals surface area contributed by atoms with Gasteiger partial charge in [-0.25, -0.2) is 4.99 Å². The number of nitrogens with zero attached hydrogens (tertiary/aromatic N) is 2. The van der Waals surface area contributed by atoms with E-state index in [4.69, 9.17) is 24.7 Å². The Morgan fingerprint density at radius 3 is 2.66 bits per heavy atom. The van der Waals surface area contributed by atoms with E-state index in [0.29, 0.717) is 5.75 Å². The average molecular weight is 523 g/mol.